The molecular formula is C13H18N2O3. The van der Waals surface area contributed by atoms with E-state index in [2.05, 4.69) is 0 Å². The molecule has 18 heavy (non-hydrogen) atoms. The first-order chi connectivity index (χ1) is 8.67. The fraction of sp³-hybridized carbons (Fsp3) is 0.462. The summed E-state index contributed by atoms with van der Waals surface area (Å²) in [6.45, 7) is 0.327. The molecule has 0 heterocycles. The molecule has 1 aromatic rings. The number of carbonyl (C=O) groups excluding carboxylic acids is 1. The molecule has 2 rings (SSSR count). The minimum absolute atomic E-state index is 0.0295. The molecule has 1 aliphatic rings. The summed E-state index contributed by atoms with van der Waals surface area (Å²) < 4.78 is 5.05. The van der Waals surface area contributed by atoms with Crippen molar-refractivity contribution in [1.82, 2.24) is 4.90 Å². The second kappa shape index (κ2) is 5.27. The highest BCUT2D eigenvalue weighted by molar-refractivity contribution is 5.99. The molecule has 0 unspecified atom stereocenters. The van der Waals surface area contributed by atoms with Crippen LogP contribution in [-0.2, 0) is 0 Å². The molecule has 5 heteroatoms. The highest BCUT2D eigenvalue weighted by Crippen LogP contribution is 2.29. The van der Waals surface area contributed by atoms with Crippen molar-refractivity contribution in [3.63, 3.8) is 0 Å². The third kappa shape index (κ3) is 2.56. The van der Waals surface area contributed by atoms with Gasteiger partial charge in [0, 0.05) is 24.3 Å². The zero-order chi connectivity index (χ0) is 13.1. The second-order valence-corrected chi connectivity index (χ2v) is 4.41. The fourth-order valence-corrected chi connectivity index (χ4v) is 1.96. The van der Waals surface area contributed by atoms with Crippen molar-refractivity contribution in [2.24, 2.45) is 0 Å². The first-order valence-corrected chi connectivity index (χ1v) is 6.02. The van der Waals surface area contributed by atoms with Crippen molar-refractivity contribution in [2.45, 2.75) is 18.9 Å². The summed E-state index contributed by atoms with van der Waals surface area (Å²) in [5.41, 5.74) is 6.74. The van der Waals surface area contributed by atoms with Crippen LogP contribution in [0, 0.1) is 0 Å². The largest absolute Gasteiger partial charge is 0.497 e. The maximum atomic E-state index is 12.3. The summed E-state index contributed by atoms with van der Waals surface area (Å²) in [6, 6.07) is 5.28. The van der Waals surface area contributed by atoms with E-state index in [1.54, 1.807) is 30.2 Å². The number of aliphatic hydroxyl groups is 1. The van der Waals surface area contributed by atoms with Gasteiger partial charge in [0.15, 0.2) is 0 Å². The zero-order valence-electron chi connectivity index (χ0n) is 10.4. The van der Waals surface area contributed by atoms with E-state index in [1.807, 2.05) is 0 Å². The third-order valence-electron chi connectivity index (χ3n) is 3.08. The van der Waals surface area contributed by atoms with Gasteiger partial charge in [-0.05, 0) is 25.0 Å². The molecule has 1 aliphatic carbocycles. The molecule has 0 bridgehead atoms. The Morgan fingerprint density at radius 1 is 1.56 bits per heavy atom. The molecule has 98 valence electrons. The lowest BCUT2D eigenvalue weighted by Gasteiger charge is -2.22. The predicted octanol–water partition coefficient (Wildman–Crippen LogP) is 0.874. The molecule has 1 fully saturated rings. The standard InChI is InChI=1S/C13H18N2O3/c1-18-10-4-5-11(12(14)8-10)13(17)15(6-7-16)9-2-3-9/h4-5,8-9,16H,2-3,6-7,14H2,1H3. The summed E-state index contributed by atoms with van der Waals surface area (Å²) in [7, 11) is 1.55. The fourth-order valence-electron chi connectivity index (χ4n) is 1.96. The minimum Gasteiger partial charge on any atom is -0.497 e. The van der Waals surface area contributed by atoms with Crippen LogP contribution in [-0.4, -0.2) is 42.2 Å². The molecule has 0 spiro atoms. The molecule has 0 atom stereocenters. The second-order valence-electron chi connectivity index (χ2n) is 4.41. The maximum Gasteiger partial charge on any atom is 0.256 e. The van der Waals surface area contributed by atoms with Crippen molar-refractivity contribution in [2.75, 3.05) is 26.0 Å². The van der Waals surface area contributed by atoms with Gasteiger partial charge in [-0.15, -0.1) is 0 Å². The predicted molar refractivity (Wildman–Crippen MR) is 68.6 cm³/mol. The third-order valence-corrected chi connectivity index (χ3v) is 3.08. The lowest BCUT2D eigenvalue weighted by molar-refractivity contribution is 0.0708. The summed E-state index contributed by atoms with van der Waals surface area (Å²) in [4.78, 5) is 14.0. The number of methoxy groups -OCH3 is 1. The average Bonchev–Trinajstić information content (AvgIpc) is 3.19. The van der Waals surface area contributed by atoms with Crippen LogP contribution in [0.15, 0.2) is 18.2 Å². The number of hydrogen-bond donors (Lipinski definition) is 2. The van der Waals surface area contributed by atoms with Gasteiger partial charge < -0.3 is 20.5 Å². The number of ether oxygens (including phenoxy) is 1. The SMILES string of the molecule is COc1ccc(C(=O)N(CCO)C2CC2)c(N)c1. The summed E-state index contributed by atoms with van der Waals surface area (Å²) in [5.74, 6) is 0.510. The number of amides is 1. The van der Waals surface area contributed by atoms with Crippen LogP contribution >= 0.6 is 0 Å². The monoisotopic (exact) mass is 250 g/mol. The summed E-state index contributed by atoms with van der Waals surface area (Å²) in [6.07, 6.45) is 2.00. The van der Waals surface area contributed by atoms with Crippen molar-refractivity contribution in [3.8, 4) is 5.75 Å². The number of nitrogens with two attached hydrogens (primary N) is 1. The molecular weight excluding hydrogens is 232 g/mol. The Balaban J connectivity index is 2.21. The topological polar surface area (TPSA) is 75.8 Å². The molecule has 0 aromatic heterocycles. The van der Waals surface area contributed by atoms with Gasteiger partial charge in [-0.2, -0.15) is 0 Å². The van der Waals surface area contributed by atoms with E-state index >= 15 is 0 Å². The molecule has 5 nitrogen and oxygen atoms in total. The van der Waals surface area contributed by atoms with E-state index < -0.39 is 0 Å². The normalized spacial score (nSPS) is 14.3. The smallest absolute Gasteiger partial charge is 0.256 e. The first kappa shape index (κ1) is 12.7. The average molecular weight is 250 g/mol. The quantitative estimate of drug-likeness (QED) is 0.760. The van der Waals surface area contributed by atoms with Crippen LogP contribution in [0.2, 0.25) is 0 Å². The number of hydrogen-bond acceptors (Lipinski definition) is 4. The number of nitrogens with zero attached hydrogens (tertiary/aromatic N) is 1. The van der Waals surface area contributed by atoms with Crippen molar-refractivity contribution in [1.29, 1.82) is 0 Å². The van der Waals surface area contributed by atoms with E-state index in [0.29, 0.717) is 23.5 Å². The Labute approximate surface area is 106 Å². The van der Waals surface area contributed by atoms with Crippen molar-refractivity contribution >= 4 is 11.6 Å². The van der Waals surface area contributed by atoms with Gasteiger partial charge in [-0.3, -0.25) is 4.79 Å². The number of aliphatic hydroxyl groups excluding tert-OH is 1. The Morgan fingerprint density at radius 2 is 2.28 bits per heavy atom. The summed E-state index contributed by atoms with van der Waals surface area (Å²) >= 11 is 0. The van der Waals surface area contributed by atoms with Crippen molar-refractivity contribution in [3.05, 3.63) is 23.8 Å². The number of nitrogen functional groups attached to an aromatic ring is 1. The Bertz CT molecular complexity index is 444. The van der Waals surface area contributed by atoms with Gasteiger partial charge in [-0.25, -0.2) is 0 Å². The molecule has 0 aliphatic heterocycles. The van der Waals surface area contributed by atoms with E-state index in [4.69, 9.17) is 15.6 Å². The van der Waals surface area contributed by atoms with Gasteiger partial charge in [0.05, 0.1) is 19.3 Å². The first-order valence-electron chi connectivity index (χ1n) is 6.02. The van der Waals surface area contributed by atoms with Crippen LogP contribution in [0.25, 0.3) is 0 Å². The van der Waals surface area contributed by atoms with Crippen LogP contribution in [0.5, 0.6) is 5.75 Å². The molecule has 3 N–H and O–H groups in total. The molecule has 0 saturated heterocycles. The molecule has 1 aromatic carbocycles. The van der Waals surface area contributed by atoms with Crippen molar-refractivity contribution < 1.29 is 14.6 Å². The highest BCUT2D eigenvalue weighted by Gasteiger charge is 2.33. The highest BCUT2D eigenvalue weighted by atomic mass is 16.5. The van der Waals surface area contributed by atoms with Crippen LogP contribution in [0.4, 0.5) is 5.69 Å². The Morgan fingerprint density at radius 3 is 2.78 bits per heavy atom. The van der Waals surface area contributed by atoms with Crippen LogP contribution in [0.1, 0.15) is 23.2 Å². The Hall–Kier alpha value is -1.75. The van der Waals surface area contributed by atoms with E-state index in [-0.39, 0.29) is 18.6 Å². The van der Waals surface area contributed by atoms with Gasteiger partial charge >= 0.3 is 0 Å². The number of carbonyl (C=O) groups is 1. The Kier molecular flexibility index (Phi) is 3.72. The van der Waals surface area contributed by atoms with Gasteiger partial charge in [0.25, 0.3) is 5.91 Å². The lowest BCUT2D eigenvalue weighted by atomic mass is 10.1. The van der Waals surface area contributed by atoms with Gasteiger partial charge in [-0.1, -0.05) is 0 Å². The van der Waals surface area contributed by atoms with E-state index in [9.17, 15) is 4.79 Å². The zero-order valence-corrected chi connectivity index (χ0v) is 10.4. The lowest BCUT2D eigenvalue weighted by Crippen LogP contribution is -2.35. The van der Waals surface area contributed by atoms with Crippen LogP contribution < -0.4 is 10.5 Å². The number of anilines is 1. The van der Waals surface area contributed by atoms with E-state index in [1.165, 1.54) is 0 Å². The summed E-state index contributed by atoms with van der Waals surface area (Å²) in [5, 5.41) is 9.02. The van der Waals surface area contributed by atoms with Gasteiger partial charge in [0.2, 0.25) is 0 Å². The van der Waals surface area contributed by atoms with Gasteiger partial charge in [0.1, 0.15) is 5.75 Å². The number of rotatable bonds is 5. The maximum absolute atomic E-state index is 12.3. The number of benzene rings is 1. The minimum atomic E-state index is -0.119. The molecule has 0 radical (unpaired) electrons. The van der Waals surface area contributed by atoms with E-state index in [0.717, 1.165) is 12.8 Å². The molecule has 1 saturated carbocycles. The molecule has 1 amide bonds. The van der Waals surface area contributed by atoms with Crippen LogP contribution in [0.3, 0.4) is 0 Å².